The molecule has 3 heterocycles. The number of rotatable bonds is 9. The lowest BCUT2D eigenvalue weighted by Crippen LogP contribution is -2.67. The van der Waals surface area contributed by atoms with Crippen molar-refractivity contribution in [3.63, 3.8) is 0 Å². The molecule has 1 unspecified atom stereocenters. The second-order valence-electron chi connectivity index (χ2n) is 6.23. The van der Waals surface area contributed by atoms with Gasteiger partial charge in [-0.15, -0.1) is 0 Å². The van der Waals surface area contributed by atoms with Gasteiger partial charge in [-0.3, -0.25) is 19.2 Å². The molecule has 0 bridgehead atoms. The monoisotopic (exact) mass is 390 g/mol. The van der Waals surface area contributed by atoms with Crippen molar-refractivity contribution in [3.8, 4) is 5.75 Å². The van der Waals surface area contributed by atoms with E-state index in [1.165, 1.54) is 43.7 Å². The fourth-order valence-corrected chi connectivity index (χ4v) is 2.98. The summed E-state index contributed by atoms with van der Waals surface area (Å²) in [6, 6.07) is 2.82. The lowest BCUT2D eigenvalue weighted by molar-refractivity contribution is -0.196. The second-order valence-corrected chi connectivity index (χ2v) is 6.23. The van der Waals surface area contributed by atoms with Crippen LogP contribution in [0.3, 0.4) is 0 Å². The Balaban J connectivity index is 1.95. The third-order valence-corrected chi connectivity index (χ3v) is 4.24. The summed E-state index contributed by atoms with van der Waals surface area (Å²) >= 11 is 0. The van der Waals surface area contributed by atoms with E-state index in [0.29, 0.717) is 17.1 Å². The van der Waals surface area contributed by atoms with E-state index in [1.54, 1.807) is 24.1 Å². The molecule has 1 N–H and O–H groups in total. The maximum atomic E-state index is 13.0. The van der Waals surface area contributed by atoms with Crippen molar-refractivity contribution in [2.24, 2.45) is 7.05 Å². The van der Waals surface area contributed by atoms with Crippen molar-refractivity contribution in [2.45, 2.75) is 12.0 Å². The predicted molar refractivity (Wildman–Crippen MR) is 97.1 cm³/mol. The van der Waals surface area contributed by atoms with Crippen LogP contribution in [0.1, 0.15) is 5.69 Å². The van der Waals surface area contributed by atoms with Crippen molar-refractivity contribution in [1.82, 2.24) is 19.7 Å². The molecular weight excluding hydrogens is 368 g/mol. The highest BCUT2D eigenvalue weighted by molar-refractivity contribution is 5.98. The van der Waals surface area contributed by atoms with Crippen LogP contribution in [0.5, 0.6) is 5.75 Å². The zero-order valence-corrected chi connectivity index (χ0v) is 15.9. The molecule has 3 rings (SSSR count). The lowest BCUT2D eigenvalue weighted by Gasteiger charge is -2.49. The average Bonchev–Trinajstić information content (AvgIpc) is 3.09. The Morgan fingerprint density at radius 1 is 1.29 bits per heavy atom. The Bertz CT molecular complexity index is 921. The molecule has 10 nitrogen and oxygen atoms in total. The Morgan fingerprint density at radius 2 is 2.11 bits per heavy atom. The van der Waals surface area contributed by atoms with E-state index < -0.39 is 5.60 Å². The van der Waals surface area contributed by atoms with E-state index >= 15 is 0 Å². The van der Waals surface area contributed by atoms with E-state index in [1.807, 2.05) is 0 Å². The molecule has 0 radical (unpaired) electrons. The number of nitrogens with zero attached hydrogens (tertiary/aromatic N) is 3. The maximum Gasteiger partial charge on any atom is 0.267 e. The number of pyridine rings is 1. The minimum atomic E-state index is -1.37. The molecule has 0 aromatic carbocycles. The van der Waals surface area contributed by atoms with Crippen LogP contribution >= 0.6 is 0 Å². The quantitative estimate of drug-likeness (QED) is 0.375. The number of ether oxygens (including phenoxy) is 4. The highest BCUT2D eigenvalue weighted by atomic mass is 16.7. The predicted octanol–water partition coefficient (Wildman–Crippen LogP) is 0.377. The van der Waals surface area contributed by atoms with Gasteiger partial charge in [-0.05, 0) is 0 Å². The average molecular weight is 390 g/mol. The number of amides is 1. The Labute approximate surface area is 161 Å². The van der Waals surface area contributed by atoms with Crippen molar-refractivity contribution < 1.29 is 23.7 Å². The maximum absolute atomic E-state index is 13.0. The topological polar surface area (TPSA) is 108 Å². The third kappa shape index (κ3) is 3.84. The summed E-state index contributed by atoms with van der Waals surface area (Å²) in [7, 11) is 4.71. The van der Waals surface area contributed by atoms with E-state index in [-0.39, 0.29) is 31.3 Å². The molecule has 2 aromatic rings. The SMILES string of the molecule is COCOC1(Cc2cc(=O)cc[nH]2)C(=O)N(COC)/C1=C/Oc1cnn(C)c1. The molecule has 1 aliphatic rings. The summed E-state index contributed by atoms with van der Waals surface area (Å²) in [5, 5.41) is 4.04. The summed E-state index contributed by atoms with van der Waals surface area (Å²) in [5.41, 5.74) is -0.555. The third-order valence-electron chi connectivity index (χ3n) is 4.24. The summed E-state index contributed by atoms with van der Waals surface area (Å²) in [5.74, 6) is 0.178. The van der Waals surface area contributed by atoms with Crippen LogP contribution in [0.15, 0.2) is 47.5 Å². The number of aromatic amines is 1. The minimum absolute atomic E-state index is 0.0322. The van der Waals surface area contributed by atoms with Crippen LogP contribution < -0.4 is 10.2 Å². The zero-order valence-electron chi connectivity index (χ0n) is 15.9. The molecule has 10 heteroatoms. The van der Waals surface area contributed by atoms with Crippen LogP contribution in [-0.2, 0) is 32.5 Å². The van der Waals surface area contributed by atoms with Gasteiger partial charge in [0.25, 0.3) is 5.91 Å². The van der Waals surface area contributed by atoms with E-state index in [9.17, 15) is 9.59 Å². The number of nitrogens with one attached hydrogen (secondary N) is 1. The van der Waals surface area contributed by atoms with Crippen molar-refractivity contribution in [3.05, 3.63) is 58.6 Å². The van der Waals surface area contributed by atoms with E-state index in [4.69, 9.17) is 18.9 Å². The highest BCUT2D eigenvalue weighted by Crippen LogP contribution is 2.40. The van der Waals surface area contributed by atoms with Crippen molar-refractivity contribution in [1.29, 1.82) is 0 Å². The minimum Gasteiger partial charge on any atom is -0.460 e. The molecule has 1 amide bonds. The van der Waals surface area contributed by atoms with Crippen LogP contribution in [0.2, 0.25) is 0 Å². The molecule has 150 valence electrons. The van der Waals surface area contributed by atoms with Gasteiger partial charge in [0.2, 0.25) is 0 Å². The van der Waals surface area contributed by atoms with Crippen LogP contribution in [-0.4, -0.2) is 58.9 Å². The first-order valence-corrected chi connectivity index (χ1v) is 8.47. The summed E-state index contributed by atoms with van der Waals surface area (Å²) in [6.07, 6.45) is 6.28. The number of aromatic nitrogens is 3. The highest BCUT2D eigenvalue weighted by Gasteiger charge is 2.59. The Kier molecular flexibility index (Phi) is 5.93. The van der Waals surface area contributed by atoms with Gasteiger partial charge in [-0.2, -0.15) is 5.10 Å². The summed E-state index contributed by atoms with van der Waals surface area (Å²) < 4.78 is 23.2. The van der Waals surface area contributed by atoms with Gasteiger partial charge >= 0.3 is 0 Å². The van der Waals surface area contributed by atoms with Crippen LogP contribution in [0.4, 0.5) is 0 Å². The number of methoxy groups -OCH3 is 2. The zero-order chi connectivity index (χ0) is 20.1. The number of carbonyl (C=O) groups excluding carboxylic acids is 1. The largest absolute Gasteiger partial charge is 0.460 e. The number of likely N-dealkylation sites (tertiary alicyclic amines) is 1. The van der Waals surface area contributed by atoms with Gasteiger partial charge in [0, 0.05) is 51.7 Å². The number of H-pyrrole nitrogens is 1. The van der Waals surface area contributed by atoms with E-state index in [0.717, 1.165) is 0 Å². The number of carbonyl (C=O) groups is 1. The molecule has 1 saturated heterocycles. The molecule has 1 fully saturated rings. The van der Waals surface area contributed by atoms with Crippen LogP contribution in [0, 0.1) is 0 Å². The smallest absolute Gasteiger partial charge is 0.267 e. The Morgan fingerprint density at radius 3 is 2.75 bits per heavy atom. The van der Waals surface area contributed by atoms with Crippen LogP contribution in [0.25, 0.3) is 0 Å². The van der Waals surface area contributed by atoms with E-state index in [2.05, 4.69) is 10.1 Å². The first kappa shape index (κ1) is 19.8. The molecule has 1 aliphatic heterocycles. The van der Waals surface area contributed by atoms with Gasteiger partial charge in [0.1, 0.15) is 25.5 Å². The molecule has 0 saturated carbocycles. The summed E-state index contributed by atoms with van der Waals surface area (Å²) in [6.45, 7) is -0.0850. The Hall–Kier alpha value is -2.95. The first-order chi connectivity index (χ1) is 13.5. The van der Waals surface area contributed by atoms with Gasteiger partial charge in [-0.25, -0.2) is 0 Å². The fourth-order valence-electron chi connectivity index (χ4n) is 2.98. The van der Waals surface area contributed by atoms with Gasteiger partial charge in [0.15, 0.2) is 16.8 Å². The number of hydrogen-bond donors (Lipinski definition) is 1. The van der Waals surface area contributed by atoms with Gasteiger partial charge in [-0.1, -0.05) is 0 Å². The van der Waals surface area contributed by atoms with Crippen molar-refractivity contribution in [2.75, 3.05) is 27.7 Å². The fraction of sp³-hybridized carbons (Fsp3) is 0.389. The van der Waals surface area contributed by atoms with Gasteiger partial charge < -0.3 is 23.9 Å². The second kappa shape index (κ2) is 8.38. The number of hydrogen-bond acceptors (Lipinski definition) is 7. The number of aryl methyl sites for hydroxylation is 1. The molecule has 1 atom stereocenters. The first-order valence-electron chi connectivity index (χ1n) is 8.47. The lowest BCUT2D eigenvalue weighted by atomic mass is 9.83. The molecule has 28 heavy (non-hydrogen) atoms. The molecule has 2 aromatic heterocycles. The normalized spacial score (nSPS) is 20.5. The molecular formula is C18H22N4O6. The van der Waals surface area contributed by atoms with Gasteiger partial charge in [0.05, 0.1) is 12.4 Å². The standard InChI is InChI=1S/C18H22N4O6/c1-21-9-15(8-20-21)27-10-16-18(28-12-26-3,17(24)22(16)11-25-2)7-13-6-14(23)4-5-19-13/h4-6,8-10H,7,11-12H2,1-3H3,(H,19,23)/b16-10+. The molecule has 0 spiro atoms. The molecule has 0 aliphatic carbocycles. The summed E-state index contributed by atoms with van der Waals surface area (Å²) in [4.78, 5) is 29.0. The number of β-lactam (4-membered cyclic amide) rings is 1. The van der Waals surface area contributed by atoms with Crippen molar-refractivity contribution >= 4 is 5.91 Å².